The number of para-hydroxylation sites is 1. The third-order valence-electron chi connectivity index (χ3n) is 4.31. The lowest BCUT2D eigenvalue weighted by molar-refractivity contribution is 0.643. The van der Waals surface area contributed by atoms with Crippen LogP contribution < -0.4 is 9.80 Å². The molecule has 1 aromatic heterocycles. The van der Waals surface area contributed by atoms with Crippen LogP contribution in [0.3, 0.4) is 0 Å². The molecule has 1 saturated heterocycles. The lowest BCUT2D eigenvalue weighted by Crippen LogP contribution is -2.46. The van der Waals surface area contributed by atoms with Crippen LogP contribution in [0.25, 0.3) is 5.57 Å². The number of hydrogen-bond acceptors (Lipinski definition) is 4. The molecule has 0 saturated carbocycles. The minimum Gasteiger partial charge on any atom is -0.368 e. The summed E-state index contributed by atoms with van der Waals surface area (Å²) in [5.74, 6) is 0.940. The smallest absolute Gasteiger partial charge is 0.151 e. The highest BCUT2D eigenvalue weighted by Gasteiger charge is 2.18. The molecule has 1 fully saturated rings. The van der Waals surface area contributed by atoms with Gasteiger partial charge in [-0.15, -0.1) is 10.2 Å². The number of aromatic nitrogens is 2. The van der Waals surface area contributed by atoms with Crippen molar-refractivity contribution in [3.05, 3.63) is 79.0 Å². The number of allylic oxidation sites excluding steroid dienone is 5. The number of hydrogen-bond donors (Lipinski definition) is 0. The van der Waals surface area contributed by atoms with Crippen molar-refractivity contribution in [1.29, 1.82) is 0 Å². The second-order valence-corrected chi connectivity index (χ2v) is 5.94. The number of anilines is 2. The molecule has 1 aliphatic rings. The van der Waals surface area contributed by atoms with Crippen molar-refractivity contribution in [2.75, 3.05) is 36.0 Å². The molecule has 0 spiro atoms. The highest BCUT2D eigenvalue weighted by Crippen LogP contribution is 2.20. The van der Waals surface area contributed by atoms with Gasteiger partial charge in [-0.25, -0.2) is 0 Å². The van der Waals surface area contributed by atoms with Gasteiger partial charge in [0.25, 0.3) is 0 Å². The van der Waals surface area contributed by atoms with Crippen molar-refractivity contribution >= 4 is 17.1 Å². The fourth-order valence-electron chi connectivity index (χ4n) is 3.01. The largest absolute Gasteiger partial charge is 0.368 e. The Morgan fingerprint density at radius 2 is 1.68 bits per heavy atom. The third kappa shape index (κ3) is 4.15. The van der Waals surface area contributed by atoms with Crippen molar-refractivity contribution in [1.82, 2.24) is 10.2 Å². The maximum absolute atomic E-state index is 4.43. The average Bonchev–Trinajstić information content (AvgIpc) is 2.69. The van der Waals surface area contributed by atoms with E-state index in [1.165, 1.54) is 5.69 Å². The molecule has 0 unspecified atom stereocenters. The summed E-state index contributed by atoms with van der Waals surface area (Å²) >= 11 is 0. The molecule has 3 rings (SSSR count). The van der Waals surface area contributed by atoms with E-state index in [1.807, 2.05) is 31.2 Å². The van der Waals surface area contributed by atoms with Gasteiger partial charge in [0, 0.05) is 37.4 Å². The molecule has 2 aromatic rings. The lowest BCUT2D eigenvalue weighted by Gasteiger charge is -2.36. The van der Waals surface area contributed by atoms with Crippen LogP contribution in [0.2, 0.25) is 0 Å². The highest BCUT2D eigenvalue weighted by atomic mass is 15.3. The van der Waals surface area contributed by atoms with Crippen molar-refractivity contribution in [2.45, 2.75) is 6.92 Å². The van der Waals surface area contributed by atoms with Gasteiger partial charge in [-0.2, -0.15) is 0 Å². The number of piperazine rings is 1. The van der Waals surface area contributed by atoms with Gasteiger partial charge in [0.2, 0.25) is 0 Å². The molecular weight excluding hydrogens is 308 g/mol. The topological polar surface area (TPSA) is 32.3 Å². The van der Waals surface area contributed by atoms with Gasteiger partial charge < -0.3 is 9.80 Å². The second-order valence-electron chi connectivity index (χ2n) is 5.94. The molecule has 4 nitrogen and oxygen atoms in total. The van der Waals surface area contributed by atoms with Crippen LogP contribution in [0.4, 0.5) is 11.5 Å². The maximum Gasteiger partial charge on any atom is 0.151 e. The molecule has 0 atom stereocenters. The molecule has 0 N–H and O–H groups in total. The van der Waals surface area contributed by atoms with Crippen molar-refractivity contribution in [3.8, 4) is 0 Å². The molecular formula is C21H24N4. The summed E-state index contributed by atoms with van der Waals surface area (Å²) in [5, 5.41) is 8.83. The van der Waals surface area contributed by atoms with E-state index in [2.05, 4.69) is 63.0 Å². The summed E-state index contributed by atoms with van der Waals surface area (Å²) in [6.45, 7) is 9.64. The molecule has 2 heterocycles. The van der Waals surface area contributed by atoms with Gasteiger partial charge in [0.1, 0.15) is 0 Å². The van der Waals surface area contributed by atoms with Gasteiger partial charge >= 0.3 is 0 Å². The summed E-state index contributed by atoms with van der Waals surface area (Å²) in [7, 11) is 0. The fourth-order valence-corrected chi connectivity index (χ4v) is 3.01. The van der Waals surface area contributed by atoms with Crippen LogP contribution in [-0.4, -0.2) is 36.4 Å². The van der Waals surface area contributed by atoms with E-state index in [4.69, 9.17) is 0 Å². The van der Waals surface area contributed by atoms with E-state index in [0.717, 1.165) is 43.3 Å². The van der Waals surface area contributed by atoms with Crippen molar-refractivity contribution < 1.29 is 0 Å². The van der Waals surface area contributed by atoms with Crippen molar-refractivity contribution in [2.24, 2.45) is 0 Å². The lowest BCUT2D eigenvalue weighted by atomic mass is 10.1. The zero-order valence-electron chi connectivity index (χ0n) is 14.7. The van der Waals surface area contributed by atoms with Crippen LogP contribution in [0.1, 0.15) is 12.6 Å². The van der Waals surface area contributed by atoms with Crippen LogP contribution in [0.5, 0.6) is 0 Å². The molecule has 25 heavy (non-hydrogen) atoms. The zero-order valence-corrected chi connectivity index (χ0v) is 14.7. The Morgan fingerprint density at radius 3 is 2.28 bits per heavy atom. The van der Waals surface area contributed by atoms with E-state index in [-0.39, 0.29) is 0 Å². The van der Waals surface area contributed by atoms with E-state index in [9.17, 15) is 0 Å². The summed E-state index contributed by atoms with van der Waals surface area (Å²) in [6.07, 6.45) is 7.73. The van der Waals surface area contributed by atoms with Crippen LogP contribution in [0, 0.1) is 0 Å². The van der Waals surface area contributed by atoms with Crippen molar-refractivity contribution in [3.63, 3.8) is 0 Å². The Balaban J connectivity index is 1.66. The Bertz CT molecular complexity index is 739. The van der Waals surface area contributed by atoms with E-state index in [1.54, 1.807) is 6.08 Å². The predicted octanol–water partition coefficient (Wildman–Crippen LogP) is 3.95. The second kappa shape index (κ2) is 8.29. The Hall–Kier alpha value is -2.88. The molecule has 0 aliphatic carbocycles. The fraction of sp³-hybridized carbons (Fsp3) is 0.238. The van der Waals surface area contributed by atoms with E-state index >= 15 is 0 Å². The zero-order chi connectivity index (χ0) is 17.5. The summed E-state index contributed by atoms with van der Waals surface area (Å²) in [6, 6.07) is 14.6. The van der Waals surface area contributed by atoms with Crippen LogP contribution in [0.15, 0.2) is 73.3 Å². The van der Waals surface area contributed by atoms with E-state index in [0.29, 0.717) is 0 Å². The first-order chi connectivity index (χ1) is 12.3. The molecule has 1 aliphatic heterocycles. The van der Waals surface area contributed by atoms with Crippen LogP contribution >= 0.6 is 0 Å². The quantitative estimate of drug-likeness (QED) is 0.776. The molecule has 0 amide bonds. The van der Waals surface area contributed by atoms with Gasteiger partial charge in [-0.1, -0.05) is 49.1 Å². The Kier molecular flexibility index (Phi) is 5.62. The molecule has 4 heteroatoms. The average molecular weight is 332 g/mol. The number of nitrogens with zero attached hydrogens (tertiary/aromatic N) is 4. The highest BCUT2D eigenvalue weighted by molar-refractivity contribution is 5.72. The number of benzene rings is 1. The minimum atomic E-state index is 0.865. The predicted molar refractivity (Wildman–Crippen MR) is 106 cm³/mol. The monoisotopic (exact) mass is 332 g/mol. The molecule has 1 aromatic carbocycles. The standard InChI is InChI=1S/C21H24N4/c1-3-8-18(9-4-2)20-12-13-21(23-22-20)25-16-14-24(15-17-25)19-10-6-5-7-11-19/h3-13H,1,14-17H2,2H3/b9-4-,18-8+. The summed E-state index contributed by atoms with van der Waals surface area (Å²) in [4.78, 5) is 4.71. The van der Waals surface area contributed by atoms with Gasteiger partial charge in [0.05, 0.1) is 5.69 Å². The Morgan fingerprint density at radius 1 is 0.960 bits per heavy atom. The first-order valence-corrected chi connectivity index (χ1v) is 8.66. The van der Waals surface area contributed by atoms with Gasteiger partial charge in [-0.3, -0.25) is 0 Å². The first-order valence-electron chi connectivity index (χ1n) is 8.66. The SMILES string of the molecule is C=C/C=C(\C=C/C)c1ccc(N2CCN(c3ccccc3)CC2)nn1. The van der Waals surface area contributed by atoms with Gasteiger partial charge in [0.15, 0.2) is 5.82 Å². The molecule has 0 radical (unpaired) electrons. The third-order valence-corrected chi connectivity index (χ3v) is 4.31. The minimum absolute atomic E-state index is 0.865. The first kappa shape index (κ1) is 17.0. The van der Waals surface area contributed by atoms with Crippen LogP contribution in [-0.2, 0) is 0 Å². The molecule has 0 bridgehead atoms. The molecule has 128 valence electrons. The maximum atomic E-state index is 4.43. The number of rotatable bonds is 5. The summed E-state index contributed by atoms with van der Waals surface area (Å²) < 4.78 is 0. The normalized spacial score (nSPS) is 15.6. The summed E-state index contributed by atoms with van der Waals surface area (Å²) in [5.41, 5.74) is 3.17. The van der Waals surface area contributed by atoms with Gasteiger partial charge in [-0.05, 0) is 31.2 Å². The van der Waals surface area contributed by atoms with E-state index < -0.39 is 0 Å². The Labute approximate surface area is 149 Å².